The molecule has 0 aromatic carbocycles. The van der Waals surface area contributed by atoms with Crippen LogP contribution in [0.25, 0.3) is 0 Å². The van der Waals surface area contributed by atoms with E-state index in [1.54, 1.807) is 0 Å². The van der Waals surface area contributed by atoms with Crippen LogP contribution in [0.15, 0.2) is 34.9 Å². The number of aliphatic hydroxyl groups is 9. The Balaban J connectivity index is 4.47. The molecule has 0 aromatic rings. The number of allylic oxidation sites excluding steroid dienone is 6. The van der Waals surface area contributed by atoms with Gasteiger partial charge in [0, 0.05) is 0 Å². The number of aliphatic carboxylic acids is 1. The van der Waals surface area contributed by atoms with Crippen LogP contribution in [0.2, 0.25) is 0 Å². The number of hydrogen-bond donors (Lipinski definition) is 10. The number of carbonyl (C=O) groups excluding carboxylic acids is 1. The Kier molecular flexibility index (Phi) is 29.8. The van der Waals surface area contributed by atoms with Gasteiger partial charge in [-0.3, -0.25) is 9.59 Å². The zero-order valence-corrected chi connectivity index (χ0v) is 45.6. The molecule has 9 unspecified atom stereocenters. The largest absolute Gasteiger partial charge is 0.481 e. The van der Waals surface area contributed by atoms with Gasteiger partial charge in [0.1, 0.15) is 12.7 Å². The molecule has 69 heavy (non-hydrogen) atoms. The smallest absolute Gasteiger partial charge is 0.308 e. The van der Waals surface area contributed by atoms with E-state index in [0.717, 1.165) is 44.1 Å². The van der Waals surface area contributed by atoms with Crippen LogP contribution in [-0.2, 0) is 14.3 Å². The van der Waals surface area contributed by atoms with Gasteiger partial charge < -0.3 is 55.8 Å². The standard InChI is InChI=1S/C56H104O13/c1-43(2)22-14-27-49(5,61)29-17-31-51(7,63)33-19-35-53(9,65)37-21-38-54(10,66)36-20-34-52(8,64)32-18-30-50(6,62)28-15-25-44(3)23-13-24-45(4)26-16-39-56(12,68)46(57)42-69-48(60)41-55(11,67)40-47(58)59/h22-23,26,46,57,61-68H,13-21,24-25,27-42H2,1-12H3,(H,58,59)/b44-23+,45-26+. The zero-order chi connectivity index (χ0) is 53.4. The molecule has 0 bridgehead atoms. The molecule has 0 aliphatic heterocycles. The topological polar surface area (TPSA) is 246 Å². The van der Waals surface area contributed by atoms with E-state index in [4.69, 9.17) is 9.84 Å². The molecule has 0 aliphatic rings. The van der Waals surface area contributed by atoms with Crippen molar-refractivity contribution in [2.24, 2.45) is 0 Å². The minimum Gasteiger partial charge on any atom is -0.481 e. The van der Waals surface area contributed by atoms with E-state index in [1.165, 1.54) is 25.0 Å². The van der Waals surface area contributed by atoms with Crippen molar-refractivity contribution < 1.29 is 65.4 Å². The van der Waals surface area contributed by atoms with E-state index in [-0.39, 0.29) is 6.42 Å². The molecule has 0 aliphatic carbocycles. The fourth-order valence-corrected chi connectivity index (χ4v) is 9.05. The first kappa shape index (κ1) is 66.8. The molecule has 9 atom stereocenters. The number of carbonyl (C=O) groups is 2. The summed E-state index contributed by atoms with van der Waals surface area (Å²) in [7, 11) is 0. The fraction of sp³-hybridized carbons (Fsp3) is 0.857. The number of carboxylic acid groups (broad SMARTS) is 1. The highest BCUT2D eigenvalue weighted by atomic mass is 16.5. The predicted molar refractivity (Wildman–Crippen MR) is 277 cm³/mol. The van der Waals surface area contributed by atoms with Crippen LogP contribution in [0, 0.1) is 0 Å². The fourth-order valence-electron chi connectivity index (χ4n) is 9.05. The summed E-state index contributed by atoms with van der Waals surface area (Å²) in [5, 5.41) is 106. The Morgan fingerprint density at radius 2 is 0.768 bits per heavy atom. The van der Waals surface area contributed by atoms with Crippen LogP contribution in [0.5, 0.6) is 0 Å². The van der Waals surface area contributed by atoms with Gasteiger partial charge in [-0.1, -0.05) is 34.9 Å². The summed E-state index contributed by atoms with van der Waals surface area (Å²) in [5.41, 5.74) is -4.84. The van der Waals surface area contributed by atoms with E-state index in [0.29, 0.717) is 109 Å². The van der Waals surface area contributed by atoms with Gasteiger partial charge in [0.15, 0.2) is 0 Å². The molecule has 0 spiro atoms. The number of aliphatic hydroxyl groups excluding tert-OH is 1. The Morgan fingerprint density at radius 1 is 0.435 bits per heavy atom. The average molecular weight is 985 g/mol. The number of hydrogen-bond acceptors (Lipinski definition) is 12. The molecule has 0 saturated heterocycles. The molecule has 406 valence electrons. The Hall–Kier alpha value is -2.20. The Morgan fingerprint density at radius 3 is 1.14 bits per heavy atom. The summed E-state index contributed by atoms with van der Waals surface area (Å²) in [4.78, 5) is 22.9. The second-order valence-corrected chi connectivity index (χ2v) is 23.9. The van der Waals surface area contributed by atoms with Crippen molar-refractivity contribution in [3.63, 3.8) is 0 Å². The summed E-state index contributed by atoms with van der Waals surface area (Å²) < 4.78 is 4.98. The molecular formula is C56H104O13. The van der Waals surface area contributed by atoms with Gasteiger partial charge in [0.05, 0.1) is 57.7 Å². The third-order valence-electron chi connectivity index (χ3n) is 14.0. The Bertz CT molecular complexity index is 1560. The van der Waals surface area contributed by atoms with E-state index >= 15 is 0 Å². The van der Waals surface area contributed by atoms with Crippen LogP contribution < -0.4 is 0 Å². The van der Waals surface area contributed by atoms with Crippen LogP contribution in [-0.4, -0.2) is 121 Å². The van der Waals surface area contributed by atoms with Crippen molar-refractivity contribution in [2.45, 2.75) is 301 Å². The van der Waals surface area contributed by atoms with Gasteiger partial charge in [0.2, 0.25) is 0 Å². The van der Waals surface area contributed by atoms with Crippen LogP contribution in [0.4, 0.5) is 0 Å². The van der Waals surface area contributed by atoms with E-state index in [2.05, 4.69) is 32.9 Å². The van der Waals surface area contributed by atoms with Crippen molar-refractivity contribution in [1.82, 2.24) is 0 Å². The maximum atomic E-state index is 12.0. The summed E-state index contributed by atoms with van der Waals surface area (Å²) in [6.07, 6.45) is 19.2. The maximum absolute atomic E-state index is 12.0. The van der Waals surface area contributed by atoms with Gasteiger partial charge in [0.25, 0.3) is 0 Å². The SMILES string of the molecule is CC(C)=CCCC(C)(O)CCCC(C)(O)CCCC(C)(O)CCCC(C)(O)CCCC(C)(O)CCCC(C)(O)CCC/C(C)=C/CC/C(C)=C/CCC(C)(O)C(O)COC(=O)CC(C)(O)CC(=O)O. The highest BCUT2D eigenvalue weighted by molar-refractivity contribution is 5.73. The normalized spacial score (nSPS) is 20.1. The minimum atomic E-state index is -1.78. The molecule has 13 heteroatoms. The lowest BCUT2D eigenvalue weighted by atomic mass is 9.83. The van der Waals surface area contributed by atoms with Gasteiger partial charge in [-0.25, -0.2) is 0 Å². The lowest BCUT2D eigenvalue weighted by Gasteiger charge is -2.30. The minimum absolute atomic E-state index is 0.227. The van der Waals surface area contributed by atoms with Gasteiger partial charge in [-0.05, 0) is 237 Å². The summed E-state index contributed by atoms with van der Waals surface area (Å²) in [6.45, 7) is 21.4. The molecule has 0 amide bonds. The first-order valence-electron chi connectivity index (χ1n) is 26.2. The van der Waals surface area contributed by atoms with Crippen molar-refractivity contribution >= 4 is 11.9 Å². The summed E-state index contributed by atoms with van der Waals surface area (Å²) in [5.74, 6) is -2.12. The average Bonchev–Trinajstić information content (AvgIpc) is 3.14. The third kappa shape index (κ3) is 36.4. The third-order valence-corrected chi connectivity index (χ3v) is 14.0. The molecule has 0 aromatic heterocycles. The molecule has 0 heterocycles. The van der Waals surface area contributed by atoms with Crippen molar-refractivity contribution in [3.8, 4) is 0 Å². The number of rotatable bonds is 40. The maximum Gasteiger partial charge on any atom is 0.308 e. The second kappa shape index (κ2) is 30.7. The quantitative estimate of drug-likeness (QED) is 0.0203. The summed E-state index contributed by atoms with van der Waals surface area (Å²) in [6, 6.07) is 0. The monoisotopic (exact) mass is 985 g/mol. The van der Waals surface area contributed by atoms with Crippen molar-refractivity contribution in [2.75, 3.05) is 6.61 Å². The lowest BCUT2D eigenvalue weighted by Crippen LogP contribution is -2.43. The number of carboxylic acids is 1. The lowest BCUT2D eigenvalue weighted by molar-refractivity contribution is -0.159. The van der Waals surface area contributed by atoms with Crippen LogP contribution >= 0.6 is 0 Å². The second-order valence-electron chi connectivity index (χ2n) is 23.9. The molecule has 13 nitrogen and oxygen atoms in total. The molecular weight excluding hydrogens is 881 g/mol. The molecule has 0 fully saturated rings. The van der Waals surface area contributed by atoms with Gasteiger partial charge in [-0.2, -0.15) is 0 Å². The van der Waals surface area contributed by atoms with Gasteiger partial charge in [-0.15, -0.1) is 0 Å². The van der Waals surface area contributed by atoms with E-state index in [9.17, 15) is 55.5 Å². The van der Waals surface area contributed by atoms with Crippen molar-refractivity contribution in [1.29, 1.82) is 0 Å². The molecule has 0 saturated carbocycles. The highest BCUT2D eigenvalue weighted by Gasteiger charge is 2.34. The van der Waals surface area contributed by atoms with Crippen LogP contribution in [0.1, 0.15) is 250 Å². The molecule has 10 N–H and O–H groups in total. The molecule has 0 radical (unpaired) electrons. The first-order valence-corrected chi connectivity index (χ1v) is 26.2. The number of ether oxygens (including phenoxy) is 1. The predicted octanol–water partition coefficient (Wildman–Crippen LogP) is 9.98. The first-order chi connectivity index (χ1) is 31.4. The van der Waals surface area contributed by atoms with E-state index < -0.39 is 82.3 Å². The highest BCUT2D eigenvalue weighted by Crippen LogP contribution is 2.32. The van der Waals surface area contributed by atoms with E-state index in [1.807, 2.05) is 54.5 Å². The zero-order valence-electron chi connectivity index (χ0n) is 45.6. The molecule has 0 rings (SSSR count). The Labute approximate surface area is 418 Å². The summed E-state index contributed by atoms with van der Waals surface area (Å²) >= 11 is 0. The van der Waals surface area contributed by atoms with Crippen molar-refractivity contribution in [3.05, 3.63) is 34.9 Å². The van der Waals surface area contributed by atoms with Crippen LogP contribution in [0.3, 0.4) is 0 Å². The van der Waals surface area contributed by atoms with Gasteiger partial charge >= 0.3 is 11.9 Å². The number of esters is 1.